The molecule has 10 heteroatoms. The number of aromatic hydroxyl groups is 4. The van der Waals surface area contributed by atoms with Crippen molar-refractivity contribution < 1.29 is 39.6 Å². The van der Waals surface area contributed by atoms with E-state index in [-0.39, 0.29) is 5.75 Å². The highest BCUT2D eigenvalue weighted by Gasteiger charge is 2.40. The van der Waals surface area contributed by atoms with Crippen LogP contribution in [0.5, 0.6) is 23.0 Å². The quantitative estimate of drug-likeness (QED) is 0.154. The molecule has 0 aromatic heterocycles. The fourth-order valence-corrected chi connectivity index (χ4v) is 5.56. The predicted octanol–water partition coefficient (Wildman–Crippen LogP) is 3.75. The molecule has 6 rings (SSSR count). The van der Waals surface area contributed by atoms with E-state index in [9.17, 15) is 39.6 Å². The molecule has 0 radical (unpaired) electrons. The lowest BCUT2D eigenvalue weighted by Crippen LogP contribution is -2.32. The molecule has 4 aromatic carbocycles. The van der Waals surface area contributed by atoms with E-state index in [1.54, 1.807) is 60.7 Å². The number of phenols is 4. The summed E-state index contributed by atoms with van der Waals surface area (Å²) < 4.78 is 0. The molecule has 0 atom stereocenters. The van der Waals surface area contributed by atoms with Crippen LogP contribution in [-0.4, -0.2) is 44.1 Å². The Morgan fingerprint density at radius 2 is 0.767 bits per heavy atom. The van der Waals surface area contributed by atoms with Crippen LogP contribution in [0.3, 0.4) is 0 Å². The van der Waals surface area contributed by atoms with Gasteiger partial charge in [0.15, 0.2) is 17.2 Å². The Kier molecular flexibility index (Phi) is 6.31. The third kappa shape index (κ3) is 4.29. The molecule has 10 nitrogen and oxygen atoms in total. The molecule has 4 aromatic rings. The Bertz CT molecular complexity index is 1730. The highest BCUT2D eigenvalue weighted by molar-refractivity contribution is 6.28. The predicted molar refractivity (Wildman–Crippen MR) is 155 cm³/mol. The number of hydrogen-bond acceptors (Lipinski definition) is 8. The number of nitrogens with zero attached hydrogens (tertiary/aromatic N) is 2. The van der Waals surface area contributed by atoms with Gasteiger partial charge in [-0.3, -0.25) is 19.2 Å². The molecule has 4 amide bonds. The van der Waals surface area contributed by atoms with Gasteiger partial charge in [-0.1, -0.05) is 36.4 Å². The normalized spacial score (nSPS) is 14.8. The van der Waals surface area contributed by atoms with Gasteiger partial charge in [-0.25, -0.2) is 9.80 Å². The third-order valence-corrected chi connectivity index (χ3v) is 7.54. The van der Waals surface area contributed by atoms with Crippen LogP contribution in [-0.2, 0) is 24.6 Å². The summed E-state index contributed by atoms with van der Waals surface area (Å²) in [4.78, 5) is 51.3. The SMILES string of the molecule is O=C1C=CC(=O)N1c1ccc(C(c2ccc(O)cc2)(c2ccc(N3C(=O)C=CC3=O)cc2)c2cc(O)c(O)c(O)c2)cc1. The van der Waals surface area contributed by atoms with Gasteiger partial charge in [0.2, 0.25) is 0 Å². The molecule has 0 bridgehead atoms. The zero-order valence-electron chi connectivity index (χ0n) is 22.2. The number of benzene rings is 4. The largest absolute Gasteiger partial charge is 0.508 e. The molecule has 0 saturated carbocycles. The molecular weight excluding hydrogens is 552 g/mol. The van der Waals surface area contributed by atoms with Crippen LogP contribution in [0.15, 0.2) is 109 Å². The van der Waals surface area contributed by atoms with Crippen LogP contribution < -0.4 is 9.80 Å². The van der Waals surface area contributed by atoms with Crippen molar-refractivity contribution in [1.82, 2.24) is 0 Å². The molecule has 212 valence electrons. The van der Waals surface area contributed by atoms with Gasteiger partial charge < -0.3 is 20.4 Å². The fourth-order valence-electron chi connectivity index (χ4n) is 5.56. The van der Waals surface area contributed by atoms with Crippen molar-refractivity contribution in [3.8, 4) is 23.0 Å². The summed E-state index contributed by atoms with van der Waals surface area (Å²) in [6.45, 7) is 0. The van der Waals surface area contributed by atoms with E-state index in [0.29, 0.717) is 33.6 Å². The second-order valence-electron chi connectivity index (χ2n) is 9.94. The number of carbonyl (C=O) groups is 4. The zero-order valence-corrected chi connectivity index (χ0v) is 22.2. The number of hydrogen-bond donors (Lipinski definition) is 4. The van der Waals surface area contributed by atoms with Gasteiger partial charge >= 0.3 is 0 Å². The highest BCUT2D eigenvalue weighted by Crippen LogP contribution is 2.50. The zero-order chi connectivity index (χ0) is 30.5. The molecular formula is C33H22N2O8. The summed E-state index contributed by atoms with van der Waals surface area (Å²) in [5.41, 5.74) is 1.21. The first-order chi connectivity index (χ1) is 20.6. The van der Waals surface area contributed by atoms with Crippen molar-refractivity contribution in [2.75, 3.05) is 9.80 Å². The van der Waals surface area contributed by atoms with Crippen LogP contribution in [0.1, 0.15) is 22.3 Å². The maximum Gasteiger partial charge on any atom is 0.258 e. The average molecular weight is 575 g/mol. The summed E-state index contributed by atoms with van der Waals surface area (Å²) in [7, 11) is 0. The Labute approximate surface area is 244 Å². The second kappa shape index (κ2) is 10.0. The average Bonchev–Trinajstić information content (AvgIpc) is 3.52. The van der Waals surface area contributed by atoms with Gasteiger partial charge in [0.25, 0.3) is 23.6 Å². The molecule has 0 aliphatic carbocycles. The Hall–Kier alpha value is -6.16. The van der Waals surface area contributed by atoms with Crippen LogP contribution in [0.2, 0.25) is 0 Å². The van der Waals surface area contributed by atoms with Crippen LogP contribution >= 0.6 is 0 Å². The van der Waals surface area contributed by atoms with Crippen LogP contribution in [0.25, 0.3) is 0 Å². The molecule has 2 heterocycles. The molecule has 2 aliphatic heterocycles. The number of imide groups is 2. The second-order valence-corrected chi connectivity index (χ2v) is 9.94. The van der Waals surface area contributed by atoms with Crippen molar-refractivity contribution in [3.63, 3.8) is 0 Å². The maximum absolute atomic E-state index is 12.3. The number of carbonyl (C=O) groups excluding carboxylic acids is 4. The summed E-state index contributed by atoms with van der Waals surface area (Å²) in [6.07, 6.45) is 4.69. The topological polar surface area (TPSA) is 156 Å². The minimum Gasteiger partial charge on any atom is -0.508 e. The van der Waals surface area contributed by atoms with Gasteiger partial charge in [-0.2, -0.15) is 0 Å². The van der Waals surface area contributed by atoms with Gasteiger partial charge in [0, 0.05) is 24.3 Å². The van der Waals surface area contributed by atoms with Gasteiger partial charge in [0.05, 0.1) is 16.8 Å². The Morgan fingerprint density at radius 3 is 1.12 bits per heavy atom. The Morgan fingerprint density at radius 1 is 0.442 bits per heavy atom. The number of rotatable bonds is 6. The minimum absolute atomic E-state index is 0.0168. The van der Waals surface area contributed by atoms with E-state index in [2.05, 4.69) is 0 Å². The van der Waals surface area contributed by atoms with Crippen LogP contribution in [0, 0.1) is 0 Å². The molecule has 2 aliphatic rings. The van der Waals surface area contributed by atoms with Crippen molar-refractivity contribution in [3.05, 3.63) is 131 Å². The minimum atomic E-state index is -1.36. The molecule has 0 saturated heterocycles. The van der Waals surface area contributed by atoms with E-state index >= 15 is 0 Å². The third-order valence-electron chi connectivity index (χ3n) is 7.54. The van der Waals surface area contributed by atoms with Gasteiger partial charge in [-0.15, -0.1) is 0 Å². The molecule has 0 spiro atoms. The standard InChI is InChI=1S/C33H22N2O8/c36-25-11-5-21(6-12-25)33(22-17-26(37)32(43)27(38)18-22,19-1-7-23(8-2-19)34-28(39)13-14-29(34)40)20-3-9-24(10-4-20)35-30(41)15-16-31(35)42/h1-18,36-38,43H. The lowest BCUT2D eigenvalue weighted by Gasteiger charge is -2.37. The van der Waals surface area contributed by atoms with Gasteiger partial charge in [0.1, 0.15) is 5.75 Å². The molecule has 4 N–H and O–H groups in total. The van der Waals surface area contributed by atoms with E-state index < -0.39 is 46.3 Å². The number of anilines is 2. The lowest BCUT2D eigenvalue weighted by atomic mass is 9.65. The molecule has 0 fully saturated rings. The van der Waals surface area contributed by atoms with Crippen LogP contribution in [0.4, 0.5) is 11.4 Å². The van der Waals surface area contributed by atoms with E-state index in [1.165, 1.54) is 48.6 Å². The lowest BCUT2D eigenvalue weighted by molar-refractivity contribution is -0.121. The van der Waals surface area contributed by atoms with Crippen molar-refractivity contribution in [2.45, 2.75) is 5.41 Å². The van der Waals surface area contributed by atoms with Crippen molar-refractivity contribution >= 4 is 35.0 Å². The first kappa shape index (κ1) is 27.0. The first-order valence-electron chi connectivity index (χ1n) is 13.0. The van der Waals surface area contributed by atoms with E-state index in [1.807, 2.05) is 0 Å². The number of amides is 4. The van der Waals surface area contributed by atoms with Gasteiger partial charge in [-0.05, 0) is 70.8 Å². The molecule has 43 heavy (non-hydrogen) atoms. The Balaban J connectivity index is 1.61. The van der Waals surface area contributed by atoms with E-state index in [0.717, 1.165) is 9.80 Å². The summed E-state index contributed by atoms with van der Waals surface area (Å²) in [5, 5.41) is 41.5. The van der Waals surface area contributed by atoms with Crippen molar-refractivity contribution in [1.29, 1.82) is 0 Å². The van der Waals surface area contributed by atoms with E-state index in [4.69, 9.17) is 0 Å². The summed E-state index contributed by atoms with van der Waals surface area (Å²) in [6, 6.07) is 21.8. The molecule has 0 unspecified atom stereocenters. The smallest absolute Gasteiger partial charge is 0.258 e. The number of phenolic OH excluding ortho intramolecular Hbond substituents is 4. The highest BCUT2D eigenvalue weighted by atomic mass is 16.3. The first-order valence-corrected chi connectivity index (χ1v) is 13.0. The monoisotopic (exact) mass is 574 g/mol. The summed E-state index contributed by atoms with van der Waals surface area (Å²) in [5.74, 6) is -3.89. The summed E-state index contributed by atoms with van der Waals surface area (Å²) >= 11 is 0. The maximum atomic E-state index is 12.3. The fraction of sp³-hybridized carbons (Fsp3) is 0.0303. The van der Waals surface area contributed by atoms with Crippen molar-refractivity contribution in [2.24, 2.45) is 0 Å².